The van der Waals surface area contributed by atoms with E-state index in [2.05, 4.69) is 15.3 Å². The van der Waals surface area contributed by atoms with Crippen LogP contribution in [0.3, 0.4) is 0 Å². The summed E-state index contributed by atoms with van der Waals surface area (Å²) in [6.07, 6.45) is 0.790. The molecule has 6 heteroatoms. The Hall–Kier alpha value is -1.53. The summed E-state index contributed by atoms with van der Waals surface area (Å²) in [5.41, 5.74) is 2.09. The molecule has 0 unspecified atom stereocenters. The smallest absolute Gasteiger partial charge is 0.357 e. The average Bonchev–Trinajstić information content (AvgIpc) is 2.37. The van der Waals surface area contributed by atoms with Crippen LogP contribution in [0, 0.1) is 0 Å². The molecule has 0 saturated heterocycles. The van der Waals surface area contributed by atoms with Crippen LogP contribution >= 0.6 is 0 Å². The molecular weight excluding hydrogens is 222 g/mol. The maximum atomic E-state index is 11.7. The van der Waals surface area contributed by atoms with Gasteiger partial charge in [0.05, 0.1) is 12.8 Å². The first-order valence-corrected chi connectivity index (χ1v) is 5.43. The molecule has 17 heavy (non-hydrogen) atoms. The summed E-state index contributed by atoms with van der Waals surface area (Å²) in [4.78, 5) is 20.3. The quantitative estimate of drug-likeness (QED) is 0.749. The minimum absolute atomic E-state index is 0.296. The van der Waals surface area contributed by atoms with E-state index in [1.165, 1.54) is 7.11 Å². The Kier molecular flexibility index (Phi) is 3.65. The Bertz CT molecular complexity index is 434. The van der Waals surface area contributed by atoms with Gasteiger partial charge in [0.25, 0.3) is 0 Å². The van der Waals surface area contributed by atoms with Crippen LogP contribution < -0.4 is 5.32 Å². The van der Waals surface area contributed by atoms with E-state index in [1.807, 2.05) is 0 Å². The van der Waals surface area contributed by atoms with E-state index in [4.69, 9.17) is 9.47 Å². The second kappa shape index (κ2) is 5.20. The molecule has 0 amide bonds. The zero-order valence-electron chi connectivity index (χ0n) is 9.95. The molecule has 92 valence electrons. The van der Waals surface area contributed by atoms with Crippen LogP contribution in [0.2, 0.25) is 0 Å². The van der Waals surface area contributed by atoms with Gasteiger partial charge in [0.1, 0.15) is 6.61 Å². The van der Waals surface area contributed by atoms with E-state index in [0.717, 1.165) is 24.2 Å². The number of esters is 1. The van der Waals surface area contributed by atoms with Crippen LogP contribution in [0.4, 0.5) is 0 Å². The minimum atomic E-state index is -0.426. The van der Waals surface area contributed by atoms with Crippen molar-refractivity contribution >= 4 is 5.97 Å². The summed E-state index contributed by atoms with van der Waals surface area (Å²) in [6.45, 7) is 1.76. The Labute approximate surface area is 99.4 Å². The normalized spacial score (nSPS) is 14.2. The second-order valence-electron chi connectivity index (χ2n) is 3.77. The molecule has 0 saturated carbocycles. The van der Waals surface area contributed by atoms with E-state index in [1.54, 1.807) is 7.11 Å². The predicted octanol–water partition coefficient (Wildman–Crippen LogP) is 0.0553. The minimum Gasteiger partial charge on any atom is -0.464 e. The van der Waals surface area contributed by atoms with Gasteiger partial charge in [-0.15, -0.1) is 0 Å². The van der Waals surface area contributed by atoms with Crippen molar-refractivity contribution < 1.29 is 14.3 Å². The number of hydrogen-bond acceptors (Lipinski definition) is 6. The maximum Gasteiger partial charge on any atom is 0.357 e. The largest absolute Gasteiger partial charge is 0.464 e. The van der Waals surface area contributed by atoms with Crippen molar-refractivity contribution in [2.75, 3.05) is 20.8 Å². The number of ether oxygens (including phenoxy) is 2. The van der Waals surface area contributed by atoms with Gasteiger partial charge in [-0.05, 0) is 0 Å². The number of rotatable bonds is 3. The molecule has 2 heterocycles. The maximum absolute atomic E-state index is 11.7. The number of hydrogen-bond donors (Lipinski definition) is 1. The number of carbonyl (C=O) groups is 1. The Morgan fingerprint density at radius 1 is 1.41 bits per heavy atom. The number of nitrogens with one attached hydrogen (secondary N) is 1. The monoisotopic (exact) mass is 237 g/mol. The van der Waals surface area contributed by atoms with Gasteiger partial charge in [-0.2, -0.15) is 0 Å². The molecule has 0 aliphatic carbocycles. The number of aromatic nitrogens is 2. The topological polar surface area (TPSA) is 73.3 Å². The van der Waals surface area contributed by atoms with E-state index in [-0.39, 0.29) is 0 Å². The highest BCUT2D eigenvalue weighted by atomic mass is 16.5. The fourth-order valence-corrected chi connectivity index (χ4v) is 1.85. The van der Waals surface area contributed by atoms with Crippen LogP contribution in [0.1, 0.15) is 27.6 Å². The summed E-state index contributed by atoms with van der Waals surface area (Å²) < 4.78 is 9.73. The number of carbonyl (C=O) groups excluding carboxylic acids is 1. The third kappa shape index (κ3) is 2.42. The zero-order chi connectivity index (χ0) is 12.3. The molecule has 1 aromatic heterocycles. The third-order valence-electron chi connectivity index (χ3n) is 2.63. The van der Waals surface area contributed by atoms with Crippen molar-refractivity contribution in [3.63, 3.8) is 0 Å². The fraction of sp³-hybridized carbons (Fsp3) is 0.545. The Morgan fingerprint density at radius 2 is 2.24 bits per heavy atom. The molecule has 0 aromatic carbocycles. The van der Waals surface area contributed by atoms with Gasteiger partial charge < -0.3 is 14.8 Å². The van der Waals surface area contributed by atoms with E-state index < -0.39 is 5.97 Å². The molecule has 1 aliphatic rings. The highest BCUT2D eigenvalue weighted by Gasteiger charge is 2.22. The van der Waals surface area contributed by atoms with Crippen LogP contribution in [0.15, 0.2) is 0 Å². The van der Waals surface area contributed by atoms with Gasteiger partial charge in [-0.1, -0.05) is 0 Å². The average molecular weight is 237 g/mol. The molecular formula is C11H15N3O3. The Balaban J connectivity index is 2.46. The van der Waals surface area contributed by atoms with Crippen molar-refractivity contribution in [1.29, 1.82) is 0 Å². The Morgan fingerprint density at radius 3 is 2.94 bits per heavy atom. The summed E-state index contributed by atoms with van der Waals surface area (Å²) in [6, 6.07) is 0. The number of nitrogens with zero attached hydrogens (tertiary/aromatic N) is 2. The third-order valence-corrected chi connectivity index (χ3v) is 2.63. The van der Waals surface area contributed by atoms with Gasteiger partial charge in [0, 0.05) is 32.2 Å². The highest BCUT2D eigenvalue weighted by Crippen LogP contribution is 2.16. The van der Waals surface area contributed by atoms with Crippen molar-refractivity contribution in [3.8, 4) is 0 Å². The SMILES string of the molecule is COCc1nc2c(c(C(=O)OC)n1)CNCC2. The predicted molar refractivity (Wildman–Crippen MR) is 59.5 cm³/mol. The summed E-state index contributed by atoms with van der Waals surface area (Å²) >= 11 is 0. The molecule has 0 atom stereocenters. The summed E-state index contributed by atoms with van der Waals surface area (Å²) in [5, 5.41) is 3.19. The van der Waals surface area contributed by atoms with Crippen LogP contribution in [-0.4, -0.2) is 36.7 Å². The van der Waals surface area contributed by atoms with Crippen molar-refractivity contribution in [2.24, 2.45) is 0 Å². The van der Waals surface area contributed by atoms with Crippen molar-refractivity contribution in [2.45, 2.75) is 19.6 Å². The van der Waals surface area contributed by atoms with Gasteiger partial charge in [-0.3, -0.25) is 0 Å². The molecule has 1 aliphatic heterocycles. The molecule has 6 nitrogen and oxygen atoms in total. The highest BCUT2D eigenvalue weighted by molar-refractivity contribution is 5.89. The molecule has 0 bridgehead atoms. The van der Waals surface area contributed by atoms with Gasteiger partial charge >= 0.3 is 5.97 Å². The molecule has 0 radical (unpaired) electrons. The second-order valence-corrected chi connectivity index (χ2v) is 3.77. The summed E-state index contributed by atoms with van der Waals surface area (Å²) in [5.74, 6) is 0.0956. The lowest BCUT2D eigenvalue weighted by atomic mass is 10.1. The van der Waals surface area contributed by atoms with Gasteiger partial charge in [0.2, 0.25) is 0 Å². The van der Waals surface area contributed by atoms with Crippen LogP contribution in [-0.2, 0) is 29.0 Å². The van der Waals surface area contributed by atoms with E-state index in [9.17, 15) is 4.79 Å². The molecule has 0 fully saturated rings. The summed E-state index contributed by atoms with van der Waals surface area (Å²) in [7, 11) is 2.92. The first-order valence-electron chi connectivity index (χ1n) is 5.43. The molecule has 0 spiro atoms. The van der Waals surface area contributed by atoms with Gasteiger partial charge in [0.15, 0.2) is 11.5 Å². The first-order chi connectivity index (χ1) is 8.26. The van der Waals surface area contributed by atoms with Crippen molar-refractivity contribution in [1.82, 2.24) is 15.3 Å². The number of methoxy groups -OCH3 is 2. The molecule has 1 N–H and O–H groups in total. The van der Waals surface area contributed by atoms with E-state index in [0.29, 0.717) is 24.7 Å². The van der Waals surface area contributed by atoms with E-state index >= 15 is 0 Å². The standard InChI is InChI=1S/C11H15N3O3/c1-16-6-9-13-8-3-4-12-5-7(8)10(14-9)11(15)17-2/h12H,3-6H2,1-2H3. The van der Waals surface area contributed by atoms with Crippen LogP contribution in [0.5, 0.6) is 0 Å². The van der Waals surface area contributed by atoms with Crippen molar-refractivity contribution in [3.05, 3.63) is 22.8 Å². The fourth-order valence-electron chi connectivity index (χ4n) is 1.85. The lowest BCUT2D eigenvalue weighted by Crippen LogP contribution is -2.28. The molecule has 1 aromatic rings. The first kappa shape index (κ1) is 11.9. The zero-order valence-corrected chi connectivity index (χ0v) is 9.95. The number of fused-ring (bicyclic) bond motifs is 1. The van der Waals surface area contributed by atoms with Crippen LogP contribution in [0.25, 0.3) is 0 Å². The van der Waals surface area contributed by atoms with Gasteiger partial charge in [-0.25, -0.2) is 14.8 Å². The lowest BCUT2D eigenvalue weighted by Gasteiger charge is -2.18. The molecule has 2 rings (SSSR count). The lowest BCUT2D eigenvalue weighted by molar-refractivity contribution is 0.0590.